The van der Waals surface area contributed by atoms with Crippen LogP contribution in [0.3, 0.4) is 0 Å². The normalized spacial score (nSPS) is 17.4. The maximum atomic E-state index is 13.8. The van der Waals surface area contributed by atoms with Gasteiger partial charge in [0.2, 0.25) is 17.7 Å². The number of hydrogen-bond donors (Lipinski definition) is 2. The predicted molar refractivity (Wildman–Crippen MR) is 135 cm³/mol. The Hall–Kier alpha value is -3.29. The molecule has 4 rings (SSSR count). The van der Waals surface area contributed by atoms with E-state index in [9.17, 15) is 18.8 Å². The van der Waals surface area contributed by atoms with E-state index < -0.39 is 11.9 Å². The number of carbonyl (C=O) groups excluding carboxylic acids is 3. The number of anilines is 1. The lowest BCUT2D eigenvalue weighted by Gasteiger charge is -2.40. The fourth-order valence-corrected chi connectivity index (χ4v) is 5.34. The van der Waals surface area contributed by atoms with Gasteiger partial charge >= 0.3 is 0 Å². The summed E-state index contributed by atoms with van der Waals surface area (Å²) in [6.45, 7) is 0. The number of halogens is 1. The molecule has 192 valence electrons. The molecule has 0 aliphatic heterocycles. The quantitative estimate of drug-likeness (QED) is 0.519. The van der Waals surface area contributed by atoms with Gasteiger partial charge in [-0.3, -0.25) is 14.4 Å². The van der Waals surface area contributed by atoms with Gasteiger partial charge in [-0.05, 0) is 55.5 Å². The molecule has 0 saturated heterocycles. The standard InChI is InChI=1S/C28H35FN4O3/c29-21-15-13-20(14-16-21)27(28(36)31-22-8-4-5-9-22)33(23-10-2-1-3-11-23)26(35)18-17-25(34)32-24-12-6-7-19-30-24/h6-7,12-16,19,22-23,27H,1-5,8-11,17-18H2,(H,31,36)(H,30,32,34). The zero-order valence-electron chi connectivity index (χ0n) is 20.6. The fraction of sp³-hybridized carbons (Fsp3) is 0.500. The Labute approximate surface area is 211 Å². The molecule has 0 spiro atoms. The van der Waals surface area contributed by atoms with Gasteiger partial charge in [0.25, 0.3) is 0 Å². The molecule has 2 aliphatic carbocycles. The van der Waals surface area contributed by atoms with Crippen LogP contribution in [0, 0.1) is 5.82 Å². The molecule has 2 N–H and O–H groups in total. The van der Waals surface area contributed by atoms with E-state index in [1.165, 1.54) is 12.1 Å². The van der Waals surface area contributed by atoms with Gasteiger partial charge in [0.15, 0.2) is 0 Å². The molecular formula is C28H35FN4O3. The minimum atomic E-state index is -0.861. The minimum Gasteiger partial charge on any atom is -0.351 e. The molecule has 1 aromatic carbocycles. The highest BCUT2D eigenvalue weighted by Gasteiger charge is 2.37. The van der Waals surface area contributed by atoms with Crippen LogP contribution in [-0.2, 0) is 14.4 Å². The van der Waals surface area contributed by atoms with Crippen LogP contribution in [0.5, 0.6) is 0 Å². The van der Waals surface area contributed by atoms with Crippen molar-refractivity contribution in [2.75, 3.05) is 5.32 Å². The van der Waals surface area contributed by atoms with Gasteiger partial charge in [-0.2, -0.15) is 0 Å². The van der Waals surface area contributed by atoms with Gasteiger partial charge in [0, 0.05) is 31.1 Å². The molecule has 2 aromatic rings. The zero-order valence-corrected chi connectivity index (χ0v) is 20.6. The van der Waals surface area contributed by atoms with Crippen LogP contribution in [0.15, 0.2) is 48.7 Å². The van der Waals surface area contributed by atoms with Crippen molar-refractivity contribution in [3.05, 3.63) is 60.0 Å². The van der Waals surface area contributed by atoms with E-state index in [2.05, 4.69) is 15.6 Å². The van der Waals surface area contributed by atoms with E-state index >= 15 is 0 Å². The lowest BCUT2D eigenvalue weighted by atomic mass is 9.91. The van der Waals surface area contributed by atoms with E-state index in [-0.39, 0.29) is 42.6 Å². The summed E-state index contributed by atoms with van der Waals surface area (Å²) >= 11 is 0. The summed E-state index contributed by atoms with van der Waals surface area (Å²) in [5.41, 5.74) is 0.587. The first-order valence-electron chi connectivity index (χ1n) is 13.1. The van der Waals surface area contributed by atoms with Crippen LogP contribution in [0.2, 0.25) is 0 Å². The lowest BCUT2D eigenvalue weighted by molar-refractivity contribution is -0.145. The Bertz CT molecular complexity index is 1020. The second-order valence-electron chi connectivity index (χ2n) is 9.80. The van der Waals surface area contributed by atoms with E-state index in [0.717, 1.165) is 57.8 Å². The summed E-state index contributed by atoms with van der Waals surface area (Å²) in [4.78, 5) is 45.7. The predicted octanol–water partition coefficient (Wildman–Crippen LogP) is 4.90. The molecule has 8 heteroatoms. The van der Waals surface area contributed by atoms with Crippen LogP contribution in [0.25, 0.3) is 0 Å². The molecule has 0 radical (unpaired) electrons. The molecule has 2 aliphatic rings. The first-order chi connectivity index (χ1) is 17.5. The molecule has 1 heterocycles. The second-order valence-corrected chi connectivity index (χ2v) is 9.80. The molecule has 0 bridgehead atoms. The number of nitrogens with zero attached hydrogens (tertiary/aromatic N) is 2. The first-order valence-corrected chi connectivity index (χ1v) is 13.1. The Morgan fingerprint density at radius 3 is 2.28 bits per heavy atom. The van der Waals surface area contributed by atoms with Crippen LogP contribution < -0.4 is 10.6 Å². The maximum Gasteiger partial charge on any atom is 0.247 e. The number of benzene rings is 1. The van der Waals surface area contributed by atoms with Crippen molar-refractivity contribution in [2.24, 2.45) is 0 Å². The van der Waals surface area contributed by atoms with E-state index in [4.69, 9.17) is 0 Å². The summed E-state index contributed by atoms with van der Waals surface area (Å²) < 4.78 is 13.8. The highest BCUT2D eigenvalue weighted by atomic mass is 19.1. The van der Waals surface area contributed by atoms with Crippen molar-refractivity contribution in [1.29, 1.82) is 0 Å². The lowest BCUT2D eigenvalue weighted by Crippen LogP contribution is -2.50. The number of pyridine rings is 1. The number of amides is 3. The summed E-state index contributed by atoms with van der Waals surface area (Å²) in [5.74, 6) is -0.742. The zero-order chi connectivity index (χ0) is 25.3. The third-order valence-corrected chi connectivity index (χ3v) is 7.17. The van der Waals surface area contributed by atoms with Crippen molar-refractivity contribution >= 4 is 23.5 Å². The van der Waals surface area contributed by atoms with E-state index in [0.29, 0.717) is 11.4 Å². The third kappa shape index (κ3) is 6.89. The fourth-order valence-electron chi connectivity index (χ4n) is 5.34. The van der Waals surface area contributed by atoms with Gasteiger partial charge in [0.05, 0.1) is 0 Å². The monoisotopic (exact) mass is 494 g/mol. The number of nitrogens with one attached hydrogen (secondary N) is 2. The molecular weight excluding hydrogens is 459 g/mol. The van der Waals surface area contributed by atoms with Crippen LogP contribution in [0.4, 0.5) is 10.2 Å². The second kappa shape index (κ2) is 12.6. The van der Waals surface area contributed by atoms with Crippen LogP contribution in [-0.4, -0.2) is 39.7 Å². The largest absolute Gasteiger partial charge is 0.351 e. The van der Waals surface area contributed by atoms with Crippen LogP contribution >= 0.6 is 0 Å². The topological polar surface area (TPSA) is 91.4 Å². The Kier molecular flexibility index (Phi) is 9.03. The molecule has 1 aromatic heterocycles. The Morgan fingerprint density at radius 1 is 0.917 bits per heavy atom. The molecule has 2 saturated carbocycles. The minimum absolute atomic E-state index is 0.0149. The smallest absolute Gasteiger partial charge is 0.247 e. The summed E-state index contributed by atoms with van der Waals surface area (Å²) in [5, 5.41) is 5.86. The molecule has 36 heavy (non-hydrogen) atoms. The molecule has 3 amide bonds. The molecule has 1 unspecified atom stereocenters. The SMILES string of the molecule is O=C(CCC(=O)N(C1CCCCC1)C(C(=O)NC1CCCC1)c1ccc(F)cc1)Nc1ccccn1. The summed E-state index contributed by atoms with van der Waals surface area (Å²) in [6, 6.07) is 10.2. The van der Waals surface area contributed by atoms with Crippen molar-refractivity contribution in [1.82, 2.24) is 15.2 Å². The summed E-state index contributed by atoms with van der Waals surface area (Å²) in [6.07, 6.45) is 10.2. The van der Waals surface area contributed by atoms with Crippen molar-refractivity contribution in [2.45, 2.75) is 88.8 Å². The highest BCUT2D eigenvalue weighted by Crippen LogP contribution is 2.32. The van der Waals surface area contributed by atoms with Crippen molar-refractivity contribution < 1.29 is 18.8 Å². The number of carbonyl (C=O) groups is 3. The van der Waals surface area contributed by atoms with Gasteiger partial charge in [0.1, 0.15) is 17.7 Å². The van der Waals surface area contributed by atoms with Gasteiger partial charge in [-0.1, -0.05) is 50.3 Å². The maximum absolute atomic E-state index is 13.8. The van der Waals surface area contributed by atoms with Gasteiger partial charge in [-0.25, -0.2) is 9.37 Å². The number of aromatic nitrogens is 1. The summed E-state index contributed by atoms with van der Waals surface area (Å²) in [7, 11) is 0. The number of rotatable bonds is 9. The average molecular weight is 495 g/mol. The van der Waals surface area contributed by atoms with Crippen molar-refractivity contribution in [3.8, 4) is 0 Å². The van der Waals surface area contributed by atoms with Crippen LogP contribution in [0.1, 0.15) is 82.2 Å². The highest BCUT2D eigenvalue weighted by molar-refractivity contribution is 5.94. The van der Waals surface area contributed by atoms with E-state index in [1.54, 1.807) is 41.4 Å². The molecule has 7 nitrogen and oxygen atoms in total. The van der Waals surface area contributed by atoms with Crippen molar-refractivity contribution in [3.63, 3.8) is 0 Å². The van der Waals surface area contributed by atoms with E-state index in [1.807, 2.05) is 0 Å². The third-order valence-electron chi connectivity index (χ3n) is 7.17. The van der Waals surface area contributed by atoms with Gasteiger partial charge < -0.3 is 15.5 Å². The Balaban J connectivity index is 1.55. The Morgan fingerprint density at radius 2 is 1.61 bits per heavy atom. The first kappa shape index (κ1) is 25.8. The number of hydrogen-bond acceptors (Lipinski definition) is 4. The molecule has 1 atom stereocenters. The van der Waals surface area contributed by atoms with Gasteiger partial charge in [-0.15, -0.1) is 0 Å². The average Bonchev–Trinajstić information content (AvgIpc) is 3.40. The molecule has 2 fully saturated rings.